The van der Waals surface area contributed by atoms with E-state index >= 15 is 0 Å². The van der Waals surface area contributed by atoms with Gasteiger partial charge in [-0.1, -0.05) is 37.5 Å². The quantitative estimate of drug-likeness (QED) is 0.124. The van der Waals surface area contributed by atoms with Crippen molar-refractivity contribution < 1.29 is 23.9 Å². The molecule has 0 aromatic rings. The number of carbonyl (C=O) groups is 2. The molecule has 0 aromatic carbocycles. The van der Waals surface area contributed by atoms with Gasteiger partial charge in [-0.2, -0.15) is 4.79 Å². The average molecular weight is 294 g/mol. The average Bonchev–Trinajstić information content (AvgIpc) is 2.48. The first-order chi connectivity index (χ1) is 10.1. The molecule has 6 nitrogen and oxygen atoms in total. The molecule has 6 heteroatoms. The Bertz CT molecular complexity index is 460. The molecule has 0 bridgehead atoms. The molecule has 0 N–H and O–H groups in total. The monoisotopic (exact) mass is 294 g/mol. The maximum atomic E-state index is 11.4. The third-order valence-electron chi connectivity index (χ3n) is 2.64. The van der Waals surface area contributed by atoms with Crippen LogP contribution in [0.5, 0.6) is 0 Å². The van der Waals surface area contributed by atoms with E-state index < -0.39 is 17.7 Å². The van der Waals surface area contributed by atoms with Crippen molar-refractivity contribution in [2.24, 2.45) is 0 Å². The number of ether oxygens (including phenoxy) is 2. The summed E-state index contributed by atoms with van der Waals surface area (Å²) in [6.07, 6.45) is 10.2. The van der Waals surface area contributed by atoms with E-state index in [0.29, 0.717) is 0 Å². The van der Waals surface area contributed by atoms with Crippen LogP contribution in [-0.4, -0.2) is 36.2 Å². The van der Waals surface area contributed by atoms with Crippen LogP contribution in [0.25, 0.3) is 5.53 Å². The maximum absolute atomic E-state index is 11.4. The van der Waals surface area contributed by atoms with Crippen molar-refractivity contribution in [1.29, 1.82) is 0 Å². The van der Waals surface area contributed by atoms with Crippen LogP contribution in [0, 0.1) is 0 Å². The first kappa shape index (κ1) is 18.8. The lowest BCUT2D eigenvalue weighted by atomic mass is 10.1. The molecule has 0 aliphatic heterocycles. The molecule has 116 valence electrons. The molecule has 0 radical (unpaired) electrons. The van der Waals surface area contributed by atoms with Gasteiger partial charge in [-0.25, -0.2) is 9.59 Å². The van der Waals surface area contributed by atoms with E-state index in [1.165, 1.54) is 12.8 Å². The molecular formula is C15H22N2O4. The Morgan fingerprint density at radius 3 is 2.52 bits per heavy atom. The Hall–Kier alpha value is -2.20. The minimum atomic E-state index is -1.04. The number of hydrogen-bond donors (Lipinski definition) is 0. The molecule has 0 aromatic heterocycles. The maximum Gasteiger partial charge on any atom is 0.482 e. The largest absolute Gasteiger partial charge is 0.482 e. The van der Waals surface area contributed by atoms with Gasteiger partial charge in [-0.05, 0) is 25.8 Å². The van der Waals surface area contributed by atoms with Gasteiger partial charge < -0.3 is 15.0 Å². The van der Waals surface area contributed by atoms with E-state index in [1.54, 1.807) is 6.08 Å². The van der Waals surface area contributed by atoms with Crippen molar-refractivity contribution in [2.45, 2.75) is 39.5 Å². The third kappa shape index (κ3) is 8.55. The summed E-state index contributed by atoms with van der Waals surface area (Å²) >= 11 is 0. The zero-order chi connectivity index (χ0) is 16.1. The SMILES string of the molecule is CCCCCC=C(C)C=CCOC(=O)C(=[N+]=[N-])C(=O)OC. The lowest BCUT2D eigenvalue weighted by Crippen LogP contribution is -2.28. The number of unbranched alkanes of at least 4 members (excludes halogenated alkanes) is 3. The number of allylic oxidation sites excluding steroid dienone is 3. The normalized spacial score (nSPS) is 11.1. The molecule has 0 atom stereocenters. The molecule has 0 aliphatic carbocycles. The molecule has 0 unspecified atom stereocenters. The van der Waals surface area contributed by atoms with Crippen LogP contribution < -0.4 is 0 Å². The molecule has 0 amide bonds. The summed E-state index contributed by atoms with van der Waals surface area (Å²) in [7, 11) is 1.08. The summed E-state index contributed by atoms with van der Waals surface area (Å²) in [4.78, 5) is 25.0. The second kappa shape index (κ2) is 11.6. The topological polar surface area (TPSA) is 89.0 Å². The van der Waals surface area contributed by atoms with Gasteiger partial charge in [0.2, 0.25) is 0 Å². The fourth-order valence-electron chi connectivity index (χ4n) is 1.48. The first-order valence-corrected chi connectivity index (χ1v) is 6.87. The van der Waals surface area contributed by atoms with E-state index in [2.05, 4.69) is 22.5 Å². The van der Waals surface area contributed by atoms with Crippen LogP contribution in [0.3, 0.4) is 0 Å². The summed E-state index contributed by atoms with van der Waals surface area (Å²) in [6, 6.07) is 0. The highest BCUT2D eigenvalue weighted by molar-refractivity contribution is 6.60. The molecule has 0 spiro atoms. The number of esters is 2. The van der Waals surface area contributed by atoms with Gasteiger partial charge in [-0.3, -0.25) is 0 Å². The standard InChI is InChI=1S/C15H22N2O4/c1-4-5-6-7-9-12(2)10-8-11-21-15(19)13(17-16)14(18)20-3/h8-10H,4-7,11H2,1-3H3. The zero-order valence-electron chi connectivity index (χ0n) is 12.8. The lowest BCUT2D eigenvalue weighted by molar-refractivity contribution is -0.147. The van der Waals surface area contributed by atoms with E-state index in [9.17, 15) is 9.59 Å². The second-order valence-electron chi connectivity index (χ2n) is 4.38. The predicted octanol–water partition coefficient (Wildman–Crippen LogP) is 2.46. The Morgan fingerprint density at radius 1 is 1.24 bits per heavy atom. The zero-order valence-corrected chi connectivity index (χ0v) is 12.8. The molecule has 0 aliphatic rings. The molecule has 0 saturated carbocycles. The van der Waals surface area contributed by atoms with E-state index in [0.717, 1.165) is 25.5 Å². The summed E-state index contributed by atoms with van der Waals surface area (Å²) in [5, 5.41) is 0. The van der Waals surface area contributed by atoms with Gasteiger partial charge in [0.15, 0.2) is 0 Å². The number of rotatable bonds is 9. The third-order valence-corrected chi connectivity index (χ3v) is 2.64. The van der Waals surface area contributed by atoms with E-state index in [4.69, 9.17) is 10.3 Å². The predicted molar refractivity (Wildman–Crippen MR) is 78.6 cm³/mol. The van der Waals surface area contributed by atoms with E-state index in [1.807, 2.05) is 13.0 Å². The van der Waals surface area contributed by atoms with Crippen molar-refractivity contribution in [1.82, 2.24) is 0 Å². The molecule has 0 heterocycles. The van der Waals surface area contributed by atoms with Crippen molar-refractivity contribution in [3.8, 4) is 0 Å². The Kier molecular flexibility index (Phi) is 10.4. The number of hydrogen-bond acceptors (Lipinski definition) is 4. The van der Waals surface area contributed by atoms with Gasteiger partial charge in [0.1, 0.15) is 6.61 Å². The minimum absolute atomic E-state index is 0.0189. The fourth-order valence-corrected chi connectivity index (χ4v) is 1.48. The van der Waals surface area contributed by atoms with Crippen LogP contribution in [0.15, 0.2) is 23.8 Å². The van der Waals surface area contributed by atoms with Gasteiger partial charge in [0.05, 0.1) is 7.11 Å². The highest BCUT2D eigenvalue weighted by Gasteiger charge is 2.32. The Morgan fingerprint density at radius 2 is 1.95 bits per heavy atom. The fraction of sp³-hybridized carbons (Fsp3) is 0.533. The highest BCUT2D eigenvalue weighted by atomic mass is 16.5. The molecule has 0 fully saturated rings. The van der Waals surface area contributed by atoms with Gasteiger partial charge in [0.25, 0.3) is 0 Å². The second-order valence-corrected chi connectivity index (χ2v) is 4.38. The van der Waals surface area contributed by atoms with Crippen molar-refractivity contribution in [3.63, 3.8) is 0 Å². The number of methoxy groups -OCH3 is 1. The van der Waals surface area contributed by atoms with Crippen LogP contribution >= 0.6 is 0 Å². The van der Waals surface area contributed by atoms with Crippen molar-refractivity contribution in [3.05, 3.63) is 29.3 Å². The van der Waals surface area contributed by atoms with E-state index in [-0.39, 0.29) is 6.61 Å². The number of carbonyl (C=O) groups excluding carboxylic acids is 2. The minimum Gasteiger partial charge on any atom is -0.460 e. The van der Waals surface area contributed by atoms with Gasteiger partial charge in [0, 0.05) is 0 Å². The first-order valence-electron chi connectivity index (χ1n) is 6.87. The van der Waals surface area contributed by atoms with Crippen molar-refractivity contribution in [2.75, 3.05) is 13.7 Å². The van der Waals surface area contributed by atoms with Crippen molar-refractivity contribution >= 4 is 17.7 Å². The smallest absolute Gasteiger partial charge is 0.460 e. The highest BCUT2D eigenvalue weighted by Crippen LogP contribution is 2.04. The summed E-state index contributed by atoms with van der Waals surface area (Å²) in [5.41, 5.74) is 8.84. The lowest BCUT2D eigenvalue weighted by Gasteiger charge is -1.98. The molecular weight excluding hydrogens is 272 g/mol. The van der Waals surface area contributed by atoms with Gasteiger partial charge >= 0.3 is 17.7 Å². The van der Waals surface area contributed by atoms with Crippen LogP contribution in [0.2, 0.25) is 0 Å². The molecule has 21 heavy (non-hydrogen) atoms. The van der Waals surface area contributed by atoms with Crippen LogP contribution in [-0.2, 0) is 19.1 Å². The Balaban J connectivity index is 4.18. The van der Waals surface area contributed by atoms with Crippen LogP contribution in [0.4, 0.5) is 0 Å². The Labute approximate surface area is 125 Å². The summed E-state index contributed by atoms with van der Waals surface area (Å²) in [6.45, 7) is 4.09. The molecule has 0 saturated heterocycles. The summed E-state index contributed by atoms with van der Waals surface area (Å²) in [5.74, 6) is -2.07. The molecule has 0 rings (SSSR count). The summed E-state index contributed by atoms with van der Waals surface area (Å²) < 4.78 is 9.04. The van der Waals surface area contributed by atoms with Gasteiger partial charge in [-0.15, -0.1) is 0 Å². The number of nitrogens with zero attached hydrogens (tertiary/aromatic N) is 2. The van der Waals surface area contributed by atoms with Crippen LogP contribution in [0.1, 0.15) is 39.5 Å².